The Balaban J connectivity index is 1.72. The van der Waals surface area contributed by atoms with E-state index in [1.54, 1.807) is 7.11 Å². The quantitative estimate of drug-likeness (QED) is 0.719. The average molecular weight is 366 g/mol. The summed E-state index contributed by atoms with van der Waals surface area (Å²) in [5.74, 6) is 0.864. The van der Waals surface area contributed by atoms with E-state index in [0.29, 0.717) is 6.04 Å². The van der Waals surface area contributed by atoms with Crippen molar-refractivity contribution in [3.8, 4) is 5.75 Å². The van der Waals surface area contributed by atoms with E-state index in [4.69, 9.17) is 14.5 Å². The number of aromatic nitrogens is 3. The fourth-order valence-corrected chi connectivity index (χ4v) is 3.57. The van der Waals surface area contributed by atoms with E-state index >= 15 is 0 Å². The lowest BCUT2D eigenvalue weighted by Crippen LogP contribution is -2.20. The molecule has 6 heteroatoms. The van der Waals surface area contributed by atoms with Crippen LogP contribution in [0.5, 0.6) is 5.75 Å². The zero-order valence-electron chi connectivity index (χ0n) is 16.1. The molecule has 0 aliphatic carbocycles. The largest absolute Gasteiger partial charge is 0.497 e. The maximum atomic E-state index is 5.54. The summed E-state index contributed by atoms with van der Waals surface area (Å²) in [6.45, 7) is 5.83. The third-order valence-corrected chi connectivity index (χ3v) is 4.90. The first kappa shape index (κ1) is 17.8. The van der Waals surface area contributed by atoms with Gasteiger partial charge in [-0.15, -0.1) is 0 Å². The fourth-order valence-electron chi connectivity index (χ4n) is 3.57. The first-order valence-corrected chi connectivity index (χ1v) is 9.48. The van der Waals surface area contributed by atoms with E-state index in [1.807, 2.05) is 23.0 Å². The van der Waals surface area contributed by atoms with Gasteiger partial charge in [0.15, 0.2) is 0 Å². The molecule has 4 rings (SSSR count). The van der Waals surface area contributed by atoms with Crippen molar-refractivity contribution in [2.24, 2.45) is 0 Å². The molecule has 1 aliphatic heterocycles. The van der Waals surface area contributed by atoms with Crippen molar-refractivity contribution in [1.29, 1.82) is 0 Å². The van der Waals surface area contributed by atoms with Crippen LogP contribution in [-0.4, -0.2) is 41.1 Å². The van der Waals surface area contributed by atoms with E-state index in [-0.39, 0.29) is 6.04 Å². The van der Waals surface area contributed by atoms with Gasteiger partial charge in [0.2, 0.25) is 0 Å². The van der Waals surface area contributed by atoms with Gasteiger partial charge in [0.25, 0.3) is 0 Å². The number of fused-ring (bicyclic) bond motifs is 1. The number of nitrogens with zero attached hydrogens (tertiary/aromatic N) is 3. The van der Waals surface area contributed by atoms with Crippen LogP contribution in [0, 0.1) is 0 Å². The zero-order chi connectivity index (χ0) is 18.8. The molecule has 142 valence electrons. The maximum absolute atomic E-state index is 5.54. The second kappa shape index (κ2) is 7.56. The summed E-state index contributed by atoms with van der Waals surface area (Å²) < 4.78 is 12.9. The van der Waals surface area contributed by atoms with Gasteiger partial charge in [0.05, 0.1) is 31.6 Å². The first-order chi connectivity index (χ1) is 13.1. The summed E-state index contributed by atoms with van der Waals surface area (Å²) in [5, 5.41) is 8.23. The van der Waals surface area contributed by atoms with Crippen molar-refractivity contribution in [1.82, 2.24) is 14.8 Å². The Hall–Kier alpha value is -2.60. The smallest absolute Gasteiger partial charge is 0.119 e. The molecule has 1 aromatic carbocycles. The van der Waals surface area contributed by atoms with Crippen LogP contribution < -0.4 is 10.1 Å². The molecule has 3 heterocycles. The molecule has 0 spiro atoms. The van der Waals surface area contributed by atoms with Gasteiger partial charge in [-0.1, -0.05) is 12.1 Å². The van der Waals surface area contributed by atoms with Crippen molar-refractivity contribution in [3.05, 3.63) is 47.8 Å². The molecule has 27 heavy (non-hydrogen) atoms. The molecular formula is C21H26N4O2. The minimum Gasteiger partial charge on any atom is -0.497 e. The van der Waals surface area contributed by atoms with E-state index in [0.717, 1.165) is 54.2 Å². The number of methoxy groups -OCH3 is 1. The van der Waals surface area contributed by atoms with Crippen molar-refractivity contribution in [2.75, 3.05) is 25.6 Å². The van der Waals surface area contributed by atoms with Crippen LogP contribution in [0.3, 0.4) is 0 Å². The third kappa shape index (κ3) is 3.76. The zero-order valence-corrected chi connectivity index (χ0v) is 16.1. The standard InChI is InChI=1S/C21H26N4O2/c1-14(2)25-21-19(23-16-7-8-27-13-16)11-17(24-20(21)12-22-25)9-15-5-4-6-18(10-15)26-3/h4-6,10-12,14,16H,7-9,13H2,1-3H3,(H,23,24). The predicted octanol–water partition coefficient (Wildman–Crippen LogP) is 3.81. The molecule has 1 fully saturated rings. The Morgan fingerprint density at radius 3 is 2.96 bits per heavy atom. The summed E-state index contributed by atoms with van der Waals surface area (Å²) in [7, 11) is 1.69. The van der Waals surface area contributed by atoms with Crippen LogP contribution in [-0.2, 0) is 11.2 Å². The lowest BCUT2D eigenvalue weighted by atomic mass is 10.1. The minimum atomic E-state index is 0.272. The van der Waals surface area contributed by atoms with E-state index in [2.05, 4.69) is 42.5 Å². The van der Waals surface area contributed by atoms with Gasteiger partial charge in [0.1, 0.15) is 16.8 Å². The van der Waals surface area contributed by atoms with Gasteiger partial charge in [-0.3, -0.25) is 4.68 Å². The van der Waals surface area contributed by atoms with Crippen LogP contribution in [0.15, 0.2) is 36.5 Å². The van der Waals surface area contributed by atoms with Crippen LogP contribution in [0.25, 0.3) is 11.0 Å². The van der Waals surface area contributed by atoms with Crippen molar-refractivity contribution in [3.63, 3.8) is 0 Å². The molecule has 0 amide bonds. The molecule has 6 nitrogen and oxygen atoms in total. The van der Waals surface area contributed by atoms with Crippen LogP contribution in [0.1, 0.15) is 37.6 Å². The van der Waals surface area contributed by atoms with Crippen LogP contribution in [0.2, 0.25) is 0 Å². The lowest BCUT2D eigenvalue weighted by Gasteiger charge is -2.17. The molecule has 1 aliphatic rings. The first-order valence-electron chi connectivity index (χ1n) is 9.48. The van der Waals surface area contributed by atoms with Crippen LogP contribution in [0.4, 0.5) is 5.69 Å². The highest BCUT2D eigenvalue weighted by Crippen LogP contribution is 2.28. The highest BCUT2D eigenvalue weighted by Gasteiger charge is 2.20. The number of hydrogen-bond acceptors (Lipinski definition) is 5. The van der Waals surface area contributed by atoms with Crippen molar-refractivity contribution in [2.45, 2.75) is 38.8 Å². The number of pyridine rings is 1. The van der Waals surface area contributed by atoms with Gasteiger partial charge in [-0.25, -0.2) is 4.98 Å². The highest BCUT2D eigenvalue weighted by molar-refractivity contribution is 5.88. The molecule has 1 N–H and O–H groups in total. The number of nitrogens with one attached hydrogen (secondary N) is 1. The van der Waals surface area contributed by atoms with Gasteiger partial charge in [0, 0.05) is 24.8 Å². The summed E-state index contributed by atoms with van der Waals surface area (Å²) in [6, 6.07) is 10.9. The topological polar surface area (TPSA) is 61.2 Å². The SMILES string of the molecule is COc1cccc(Cc2cc(NC3CCOC3)c3c(cnn3C(C)C)n2)c1. The fraction of sp³-hybridized carbons (Fsp3) is 0.429. The normalized spacial score (nSPS) is 17.0. The van der Waals surface area contributed by atoms with E-state index in [1.165, 1.54) is 5.56 Å². The maximum Gasteiger partial charge on any atom is 0.119 e. The minimum absolute atomic E-state index is 0.272. The summed E-state index contributed by atoms with van der Waals surface area (Å²) >= 11 is 0. The van der Waals surface area contributed by atoms with Gasteiger partial charge in [-0.2, -0.15) is 5.10 Å². The summed E-state index contributed by atoms with van der Waals surface area (Å²) in [5.41, 5.74) is 5.25. The molecule has 0 saturated carbocycles. The molecular weight excluding hydrogens is 340 g/mol. The Morgan fingerprint density at radius 1 is 1.33 bits per heavy atom. The van der Waals surface area contributed by atoms with Crippen molar-refractivity contribution < 1.29 is 9.47 Å². The third-order valence-electron chi connectivity index (χ3n) is 4.90. The second-order valence-corrected chi connectivity index (χ2v) is 7.31. The Kier molecular flexibility index (Phi) is 4.99. The van der Waals surface area contributed by atoms with Gasteiger partial charge < -0.3 is 14.8 Å². The number of benzene rings is 1. The molecule has 1 atom stereocenters. The number of anilines is 1. The molecule has 1 saturated heterocycles. The second-order valence-electron chi connectivity index (χ2n) is 7.31. The lowest BCUT2D eigenvalue weighted by molar-refractivity contribution is 0.195. The van der Waals surface area contributed by atoms with E-state index < -0.39 is 0 Å². The van der Waals surface area contributed by atoms with Gasteiger partial charge >= 0.3 is 0 Å². The Morgan fingerprint density at radius 2 is 2.22 bits per heavy atom. The van der Waals surface area contributed by atoms with Gasteiger partial charge in [-0.05, 0) is 44.0 Å². The molecule has 0 bridgehead atoms. The number of rotatable bonds is 6. The van der Waals surface area contributed by atoms with Crippen molar-refractivity contribution >= 4 is 16.7 Å². The highest BCUT2D eigenvalue weighted by atomic mass is 16.5. The summed E-state index contributed by atoms with van der Waals surface area (Å²) in [6.07, 6.45) is 3.63. The molecule has 0 radical (unpaired) electrons. The molecule has 1 unspecified atom stereocenters. The number of hydrogen-bond donors (Lipinski definition) is 1. The number of ether oxygens (including phenoxy) is 2. The summed E-state index contributed by atoms with van der Waals surface area (Å²) in [4.78, 5) is 4.87. The van der Waals surface area contributed by atoms with E-state index in [9.17, 15) is 0 Å². The average Bonchev–Trinajstić information content (AvgIpc) is 3.31. The van der Waals surface area contributed by atoms with Crippen LogP contribution >= 0.6 is 0 Å². The predicted molar refractivity (Wildman–Crippen MR) is 107 cm³/mol. The molecule has 3 aromatic rings. The molecule has 2 aromatic heterocycles. The monoisotopic (exact) mass is 366 g/mol. The Bertz CT molecular complexity index is 929. The Labute approximate surface area is 159 Å².